The molecule has 0 bridgehead atoms. The van der Waals surface area contributed by atoms with Crippen molar-refractivity contribution in [2.24, 2.45) is 0 Å². The summed E-state index contributed by atoms with van der Waals surface area (Å²) in [4.78, 5) is 27.2. The minimum atomic E-state index is -0.324. The van der Waals surface area contributed by atoms with E-state index < -0.39 is 0 Å². The number of methoxy groups -OCH3 is 2. The molecule has 8 heteroatoms. The molecule has 0 atom stereocenters. The Bertz CT molecular complexity index is 1220. The molecule has 0 aromatic heterocycles. The van der Waals surface area contributed by atoms with Gasteiger partial charge >= 0.3 is 0 Å². The number of amides is 2. The zero-order chi connectivity index (χ0) is 25.5. The maximum absolute atomic E-state index is 12.9. The number of rotatable bonds is 10. The molecule has 1 aliphatic rings. The third-order valence-corrected chi connectivity index (χ3v) is 5.81. The number of hydrogen-bond donors (Lipinski definition) is 1. The normalized spacial score (nSPS) is 12.4. The van der Waals surface area contributed by atoms with E-state index >= 15 is 0 Å². The second-order valence-corrected chi connectivity index (χ2v) is 8.44. The van der Waals surface area contributed by atoms with E-state index in [4.69, 9.17) is 18.9 Å². The Labute approximate surface area is 210 Å². The smallest absolute Gasteiger partial charge is 0.265 e. The molecule has 8 nitrogen and oxygen atoms in total. The number of benzene rings is 3. The second-order valence-electron chi connectivity index (χ2n) is 8.44. The molecule has 0 spiro atoms. The lowest BCUT2D eigenvalue weighted by atomic mass is 10.1. The highest BCUT2D eigenvalue weighted by Crippen LogP contribution is 2.35. The lowest BCUT2D eigenvalue weighted by Gasteiger charge is -2.30. The van der Waals surface area contributed by atoms with Crippen molar-refractivity contribution in [3.05, 3.63) is 71.8 Å². The van der Waals surface area contributed by atoms with Crippen molar-refractivity contribution in [2.45, 2.75) is 19.8 Å². The first-order chi connectivity index (χ1) is 17.5. The van der Waals surface area contributed by atoms with Gasteiger partial charge in [0.05, 0.1) is 26.5 Å². The van der Waals surface area contributed by atoms with Crippen LogP contribution in [0.25, 0.3) is 0 Å². The molecule has 0 saturated heterocycles. The monoisotopic (exact) mass is 490 g/mol. The standard InChI is InChI=1S/C28H30N2O6/c1-19-7-6-8-22(13-19)35-12-5-4-11-30-25-16-21(9-10-26(25)36-18-27(30)31)29-28(32)20-14-23(33-2)17-24(15-20)34-3/h6-10,13-17H,4-5,11-12,18H2,1-3H3,(H,29,32). The van der Waals surface area contributed by atoms with E-state index in [9.17, 15) is 9.59 Å². The predicted octanol–water partition coefficient (Wildman–Crippen LogP) is 4.85. The van der Waals surface area contributed by atoms with Crippen molar-refractivity contribution in [3.8, 4) is 23.0 Å². The fourth-order valence-corrected chi connectivity index (χ4v) is 3.93. The molecule has 1 aliphatic heterocycles. The number of unbranched alkanes of at least 4 members (excludes halogenated alkanes) is 1. The van der Waals surface area contributed by atoms with Crippen LogP contribution in [0.5, 0.6) is 23.0 Å². The quantitative estimate of drug-likeness (QED) is 0.409. The van der Waals surface area contributed by atoms with Crippen LogP contribution < -0.4 is 29.2 Å². The number of anilines is 2. The van der Waals surface area contributed by atoms with Crippen molar-refractivity contribution in [3.63, 3.8) is 0 Å². The number of fused-ring (bicyclic) bond motifs is 1. The topological polar surface area (TPSA) is 86.3 Å². The van der Waals surface area contributed by atoms with E-state index in [1.54, 1.807) is 41.3 Å². The van der Waals surface area contributed by atoms with Crippen molar-refractivity contribution in [2.75, 3.05) is 44.2 Å². The molecule has 1 heterocycles. The van der Waals surface area contributed by atoms with E-state index in [0.717, 1.165) is 24.2 Å². The Morgan fingerprint density at radius 1 is 0.972 bits per heavy atom. The Morgan fingerprint density at radius 2 is 1.75 bits per heavy atom. The summed E-state index contributed by atoms with van der Waals surface area (Å²) < 4.78 is 21.9. The summed E-state index contributed by atoms with van der Waals surface area (Å²) in [5, 5.41) is 2.88. The average Bonchev–Trinajstić information content (AvgIpc) is 2.89. The van der Waals surface area contributed by atoms with Gasteiger partial charge in [0.15, 0.2) is 6.61 Å². The van der Waals surface area contributed by atoms with E-state index in [2.05, 4.69) is 5.32 Å². The van der Waals surface area contributed by atoms with Gasteiger partial charge in [-0.2, -0.15) is 0 Å². The fraction of sp³-hybridized carbons (Fsp3) is 0.286. The van der Waals surface area contributed by atoms with Gasteiger partial charge in [0.1, 0.15) is 23.0 Å². The average molecular weight is 491 g/mol. The maximum Gasteiger partial charge on any atom is 0.265 e. The van der Waals surface area contributed by atoms with Gasteiger partial charge in [-0.05, 0) is 67.8 Å². The van der Waals surface area contributed by atoms with Gasteiger partial charge in [0, 0.05) is 23.9 Å². The molecule has 0 aliphatic carbocycles. The minimum Gasteiger partial charge on any atom is -0.497 e. The number of carbonyl (C=O) groups is 2. The number of aryl methyl sites for hydroxylation is 1. The van der Waals surface area contributed by atoms with Crippen LogP contribution in [0.4, 0.5) is 11.4 Å². The van der Waals surface area contributed by atoms with Crippen molar-refractivity contribution < 1.29 is 28.5 Å². The van der Waals surface area contributed by atoms with Crippen LogP contribution in [-0.2, 0) is 4.79 Å². The molecule has 1 N–H and O–H groups in total. The van der Waals surface area contributed by atoms with E-state index in [1.165, 1.54) is 14.2 Å². The molecule has 3 aromatic carbocycles. The van der Waals surface area contributed by atoms with Crippen molar-refractivity contribution >= 4 is 23.2 Å². The van der Waals surface area contributed by atoms with Gasteiger partial charge in [-0.25, -0.2) is 0 Å². The highest BCUT2D eigenvalue weighted by Gasteiger charge is 2.25. The molecule has 0 radical (unpaired) electrons. The summed E-state index contributed by atoms with van der Waals surface area (Å²) in [5.74, 6) is 2.03. The highest BCUT2D eigenvalue weighted by molar-refractivity contribution is 6.06. The molecular weight excluding hydrogens is 460 g/mol. The van der Waals surface area contributed by atoms with Gasteiger partial charge in [0.2, 0.25) is 0 Å². The third-order valence-electron chi connectivity index (χ3n) is 5.81. The zero-order valence-electron chi connectivity index (χ0n) is 20.7. The summed E-state index contributed by atoms with van der Waals surface area (Å²) in [7, 11) is 3.06. The van der Waals surface area contributed by atoms with Crippen LogP contribution in [0.3, 0.4) is 0 Å². The Hall–Kier alpha value is -4.20. The molecule has 36 heavy (non-hydrogen) atoms. The molecule has 0 fully saturated rings. The van der Waals surface area contributed by atoms with Gasteiger partial charge in [-0.3, -0.25) is 9.59 Å². The van der Waals surface area contributed by atoms with Crippen LogP contribution in [0.1, 0.15) is 28.8 Å². The largest absolute Gasteiger partial charge is 0.497 e. The summed E-state index contributed by atoms with van der Waals surface area (Å²) in [6.45, 7) is 3.10. The van der Waals surface area contributed by atoms with Gasteiger partial charge in [-0.15, -0.1) is 0 Å². The number of nitrogens with one attached hydrogen (secondary N) is 1. The van der Waals surface area contributed by atoms with Gasteiger partial charge < -0.3 is 29.2 Å². The molecule has 4 rings (SSSR count). The summed E-state index contributed by atoms with van der Waals surface area (Å²) in [5.41, 5.74) is 2.72. The first-order valence-corrected chi connectivity index (χ1v) is 11.8. The van der Waals surface area contributed by atoms with Gasteiger partial charge in [0.25, 0.3) is 11.8 Å². The lowest BCUT2D eigenvalue weighted by molar-refractivity contribution is -0.121. The fourth-order valence-electron chi connectivity index (χ4n) is 3.93. The number of nitrogens with zero attached hydrogens (tertiary/aromatic N) is 1. The zero-order valence-corrected chi connectivity index (χ0v) is 20.7. The first kappa shape index (κ1) is 24.9. The maximum atomic E-state index is 12.9. The Kier molecular flexibility index (Phi) is 7.95. The van der Waals surface area contributed by atoms with Crippen LogP contribution in [0.2, 0.25) is 0 Å². The van der Waals surface area contributed by atoms with E-state index in [0.29, 0.717) is 47.3 Å². The molecule has 0 saturated carbocycles. The van der Waals surface area contributed by atoms with Crippen molar-refractivity contribution in [1.29, 1.82) is 0 Å². The summed E-state index contributed by atoms with van der Waals surface area (Å²) in [6.07, 6.45) is 1.55. The van der Waals surface area contributed by atoms with Crippen LogP contribution in [0.15, 0.2) is 60.7 Å². The van der Waals surface area contributed by atoms with E-state index in [-0.39, 0.29) is 18.4 Å². The van der Waals surface area contributed by atoms with Crippen LogP contribution in [0, 0.1) is 6.92 Å². The number of carbonyl (C=O) groups excluding carboxylic acids is 2. The lowest BCUT2D eigenvalue weighted by Crippen LogP contribution is -2.39. The molecule has 2 amide bonds. The Morgan fingerprint density at radius 3 is 2.47 bits per heavy atom. The SMILES string of the molecule is COc1cc(OC)cc(C(=O)Nc2ccc3c(c2)N(CCCCOc2cccc(C)c2)C(=O)CO3)c1. The summed E-state index contributed by atoms with van der Waals surface area (Å²) >= 11 is 0. The second kappa shape index (κ2) is 11.5. The number of ether oxygens (including phenoxy) is 4. The highest BCUT2D eigenvalue weighted by atomic mass is 16.5. The van der Waals surface area contributed by atoms with Crippen LogP contribution >= 0.6 is 0 Å². The molecular formula is C28H30N2O6. The third kappa shape index (κ3) is 6.07. The number of hydrogen-bond acceptors (Lipinski definition) is 6. The van der Waals surface area contributed by atoms with E-state index in [1.807, 2.05) is 31.2 Å². The van der Waals surface area contributed by atoms with Gasteiger partial charge in [-0.1, -0.05) is 12.1 Å². The molecule has 188 valence electrons. The minimum absolute atomic E-state index is 0.0118. The first-order valence-electron chi connectivity index (χ1n) is 11.8. The van der Waals surface area contributed by atoms with Crippen molar-refractivity contribution in [1.82, 2.24) is 0 Å². The molecule has 0 unspecified atom stereocenters. The van der Waals surface area contributed by atoms with Crippen LogP contribution in [-0.4, -0.2) is 45.8 Å². The Balaban J connectivity index is 1.40. The molecule has 3 aromatic rings. The summed E-state index contributed by atoms with van der Waals surface area (Å²) in [6, 6.07) is 18.2. The predicted molar refractivity (Wildman–Crippen MR) is 138 cm³/mol.